The quantitative estimate of drug-likeness (QED) is 0.477. The molecule has 1 aliphatic heterocycles. The van der Waals surface area contributed by atoms with Gasteiger partial charge in [-0.2, -0.15) is 10.2 Å². The van der Waals surface area contributed by atoms with E-state index in [-0.39, 0.29) is 11.4 Å². The molecule has 5 rings (SSSR count). The molecule has 0 aliphatic carbocycles. The monoisotopic (exact) mass is 425 g/mol. The van der Waals surface area contributed by atoms with E-state index in [1.165, 1.54) is 25.3 Å². The number of benzene rings is 1. The first-order chi connectivity index (χ1) is 14.3. The van der Waals surface area contributed by atoms with E-state index < -0.39 is 0 Å². The molecule has 0 radical (unpaired) electrons. The van der Waals surface area contributed by atoms with E-state index in [4.69, 9.17) is 9.72 Å². The highest BCUT2D eigenvalue weighted by Gasteiger charge is 2.24. The van der Waals surface area contributed by atoms with E-state index in [0.29, 0.717) is 41.2 Å². The summed E-state index contributed by atoms with van der Waals surface area (Å²) in [5.41, 5.74) is 1.86. The van der Waals surface area contributed by atoms with Crippen LogP contribution in [0, 0.1) is 13.8 Å². The molecule has 0 unspecified atom stereocenters. The van der Waals surface area contributed by atoms with Crippen molar-refractivity contribution >= 4 is 11.3 Å². The molecule has 0 saturated heterocycles. The van der Waals surface area contributed by atoms with Crippen LogP contribution in [0.3, 0.4) is 0 Å². The Kier molecular flexibility index (Phi) is 4.03. The number of fused-ring (bicyclic) bond motifs is 3. The van der Waals surface area contributed by atoms with Gasteiger partial charge in [-0.25, -0.2) is 33.1 Å². The van der Waals surface area contributed by atoms with Crippen molar-refractivity contribution in [1.82, 2.24) is 33.7 Å². The van der Waals surface area contributed by atoms with Gasteiger partial charge in [0.25, 0.3) is 0 Å². The van der Waals surface area contributed by atoms with Gasteiger partial charge in [0.05, 0.1) is 18.0 Å². The van der Waals surface area contributed by atoms with Crippen molar-refractivity contribution in [3.8, 4) is 27.8 Å². The summed E-state index contributed by atoms with van der Waals surface area (Å²) >= 11 is 1.47. The van der Waals surface area contributed by atoms with Gasteiger partial charge in [0.15, 0.2) is 5.13 Å². The van der Waals surface area contributed by atoms with Crippen LogP contribution in [-0.2, 0) is 20.5 Å². The lowest BCUT2D eigenvalue weighted by atomic mass is 10.1. The maximum absolute atomic E-state index is 12.4. The summed E-state index contributed by atoms with van der Waals surface area (Å²) < 4.78 is 11.6. The zero-order valence-corrected chi connectivity index (χ0v) is 17.7. The molecular weight excluding hydrogens is 406 g/mol. The number of hydrogen-bond acceptors (Lipinski definition) is 7. The molecular formula is C19H19N7O3S. The van der Waals surface area contributed by atoms with Crippen molar-refractivity contribution in [3.05, 3.63) is 55.7 Å². The van der Waals surface area contributed by atoms with Crippen LogP contribution in [0.15, 0.2) is 27.8 Å². The molecule has 3 aromatic heterocycles. The van der Waals surface area contributed by atoms with Crippen LogP contribution in [0.25, 0.3) is 22.1 Å². The van der Waals surface area contributed by atoms with E-state index in [0.717, 1.165) is 16.1 Å². The number of thiazole rings is 1. The molecule has 0 amide bonds. The fourth-order valence-electron chi connectivity index (χ4n) is 3.73. The van der Waals surface area contributed by atoms with Gasteiger partial charge in [0.1, 0.15) is 17.4 Å². The van der Waals surface area contributed by atoms with Crippen molar-refractivity contribution < 1.29 is 4.74 Å². The summed E-state index contributed by atoms with van der Waals surface area (Å²) in [6, 6.07) is 5.59. The van der Waals surface area contributed by atoms with Crippen molar-refractivity contribution in [2.75, 3.05) is 6.61 Å². The van der Waals surface area contributed by atoms with Gasteiger partial charge in [-0.05, 0) is 26.0 Å². The van der Waals surface area contributed by atoms with E-state index in [1.54, 1.807) is 32.5 Å². The smallest absolute Gasteiger partial charge is 0.352 e. The average molecular weight is 425 g/mol. The first-order valence-electron chi connectivity index (χ1n) is 9.38. The highest BCUT2D eigenvalue weighted by atomic mass is 32.1. The predicted octanol–water partition coefficient (Wildman–Crippen LogP) is 1.13. The summed E-state index contributed by atoms with van der Waals surface area (Å²) in [6.45, 7) is 4.05. The zero-order chi connectivity index (χ0) is 21.2. The average Bonchev–Trinajstić information content (AvgIpc) is 3.25. The number of nitrogens with zero attached hydrogens (tertiary/aromatic N) is 7. The lowest BCUT2D eigenvalue weighted by Gasteiger charge is -2.10. The second kappa shape index (κ2) is 6.52. The van der Waals surface area contributed by atoms with Crippen LogP contribution in [0.5, 0.6) is 5.75 Å². The Labute approximate surface area is 174 Å². The molecule has 0 bridgehead atoms. The first-order valence-corrected chi connectivity index (χ1v) is 10.2. The third-order valence-corrected chi connectivity index (χ3v) is 6.22. The van der Waals surface area contributed by atoms with Gasteiger partial charge in [0, 0.05) is 37.0 Å². The summed E-state index contributed by atoms with van der Waals surface area (Å²) in [5, 5.41) is 8.96. The Bertz CT molecular complexity index is 1420. The van der Waals surface area contributed by atoms with E-state index in [2.05, 4.69) is 10.2 Å². The van der Waals surface area contributed by atoms with Crippen LogP contribution >= 0.6 is 11.3 Å². The molecule has 154 valence electrons. The maximum atomic E-state index is 12.4. The molecule has 0 atom stereocenters. The zero-order valence-electron chi connectivity index (χ0n) is 16.9. The second-order valence-corrected chi connectivity index (χ2v) is 8.19. The molecule has 1 aliphatic rings. The number of hydrogen-bond donors (Lipinski definition) is 0. The third kappa shape index (κ3) is 2.65. The molecule has 30 heavy (non-hydrogen) atoms. The second-order valence-electron chi connectivity index (χ2n) is 7.12. The molecule has 0 spiro atoms. The van der Waals surface area contributed by atoms with Crippen molar-refractivity contribution in [2.45, 2.75) is 20.3 Å². The van der Waals surface area contributed by atoms with Crippen LogP contribution in [-0.4, -0.2) is 40.3 Å². The highest BCUT2D eigenvalue weighted by molar-refractivity contribution is 7.14. The minimum absolute atomic E-state index is 0.218. The van der Waals surface area contributed by atoms with Crippen LogP contribution < -0.4 is 16.1 Å². The van der Waals surface area contributed by atoms with E-state index >= 15 is 0 Å². The van der Waals surface area contributed by atoms with E-state index in [9.17, 15) is 9.59 Å². The Hall–Kier alpha value is -3.47. The van der Waals surface area contributed by atoms with Crippen molar-refractivity contribution in [1.29, 1.82) is 0 Å². The summed E-state index contributed by atoms with van der Waals surface area (Å²) in [4.78, 5) is 30.7. The Morgan fingerprint density at radius 3 is 2.30 bits per heavy atom. The summed E-state index contributed by atoms with van der Waals surface area (Å²) in [6.07, 6.45) is 0.678. The van der Waals surface area contributed by atoms with E-state index in [1.807, 2.05) is 18.2 Å². The molecule has 4 heterocycles. The summed E-state index contributed by atoms with van der Waals surface area (Å²) in [5.74, 6) is 1.83. The molecule has 0 saturated carbocycles. The SMILES string of the molecule is Cc1nn(C)c(=O)n1-c1ccc2c(c1)OCCc1sc(-n3c(C)nn(C)c3=O)nc1-2. The topological polar surface area (TPSA) is 102 Å². The van der Waals surface area contributed by atoms with Gasteiger partial charge < -0.3 is 4.74 Å². The van der Waals surface area contributed by atoms with Gasteiger partial charge >= 0.3 is 11.4 Å². The molecule has 0 N–H and O–H groups in total. The Morgan fingerprint density at radius 1 is 1.00 bits per heavy atom. The molecule has 0 fully saturated rings. The van der Waals surface area contributed by atoms with Crippen molar-refractivity contribution in [3.63, 3.8) is 0 Å². The number of ether oxygens (including phenoxy) is 1. The van der Waals surface area contributed by atoms with Gasteiger partial charge in [0.2, 0.25) is 0 Å². The minimum atomic E-state index is -0.227. The fourth-order valence-corrected chi connectivity index (χ4v) is 4.82. The van der Waals surface area contributed by atoms with Crippen LogP contribution in [0.1, 0.15) is 16.5 Å². The highest BCUT2D eigenvalue weighted by Crippen LogP contribution is 2.39. The molecule has 10 nitrogen and oxygen atoms in total. The van der Waals surface area contributed by atoms with Gasteiger partial charge in [-0.15, -0.1) is 11.3 Å². The number of aromatic nitrogens is 7. The minimum Gasteiger partial charge on any atom is -0.492 e. The van der Waals surface area contributed by atoms with Crippen molar-refractivity contribution in [2.24, 2.45) is 14.1 Å². The largest absolute Gasteiger partial charge is 0.492 e. The molecule has 1 aromatic carbocycles. The fraction of sp³-hybridized carbons (Fsp3) is 0.316. The lowest BCUT2D eigenvalue weighted by molar-refractivity contribution is 0.327. The van der Waals surface area contributed by atoms with Gasteiger partial charge in [-0.1, -0.05) is 0 Å². The number of aryl methyl sites for hydroxylation is 4. The summed E-state index contributed by atoms with van der Waals surface area (Å²) in [7, 11) is 3.24. The number of rotatable bonds is 2. The molecule has 4 aromatic rings. The van der Waals surface area contributed by atoms with Crippen LogP contribution in [0.2, 0.25) is 0 Å². The normalized spacial score (nSPS) is 12.9. The third-order valence-electron chi connectivity index (χ3n) is 5.12. The first kappa shape index (κ1) is 18.6. The van der Waals surface area contributed by atoms with Crippen LogP contribution in [0.4, 0.5) is 0 Å². The predicted molar refractivity (Wildman–Crippen MR) is 111 cm³/mol. The Balaban J connectivity index is 1.65. The standard InChI is InChI=1S/C19H19N7O3S/c1-10-21-23(3)18(27)25(10)12-5-6-13-14(9-12)29-8-7-15-16(13)20-17(30-15)26-11(2)22-24(4)19(26)28/h5-6,9H,7-8H2,1-4H3. The lowest BCUT2D eigenvalue weighted by Crippen LogP contribution is -2.22. The van der Waals surface area contributed by atoms with Gasteiger partial charge in [-0.3, -0.25) is 0 Å². The Morgan fingerprint density at radius 2 is 1.67 bits per heavy atom. The molecule has 11 heteroatoms. The maximum Gasteiger partial charge on any atom is 0.352 e.